The van der Waals surface area contributed by atoms with Gasteiger partial charge >= 0.3 is 0 Å². The molecular formula is C13H25IN4S. The lowest BCUT2D eigenvalue weighted by atomic mass is 9.93. The third kappa shape index (κ3) is 7.10. The van der Waals surface area contributed by atoms with Crippen LogP contribution in [-0.4, -0.2) is 23.5 Å². The van der Waals surface area contributed by atoms with Crippen LogP contribution in [0.4, 0.5) is 0 Å². The molecule has 0 atom stereocenters. The van der Waals surface area contributed by atoms with Crippen LogP contribution in [0.5, 0.6) is 0 Å². The third-order valence-electron chi connectivity index (χ3n) is 2.36. The molecular weight excluding hydrogens is 371 g/mol. The molecule has 110 valence electrons. The summed E-state index contributed by atoms with van der Waals surface area (Å²) in [6.07, 6.45) is 0.848. The zero-order valence-electron chi connectivity index (χ0n) is 12.4. The van der Waals surface area contributed by atoms with Crippen molar-refractivity contribution in [3.8, 4) is 0 Å². The highest BCUT2D eigenvalue weighted by Crippen LogP contribution is 2.23. The largest absolute Gasteiger partial charge is 0.370 e. The molecule has 0 bridgehead atoms. The smallest absolute Gasteiger partial charge is 0.188 e. The summed E-state index contributed by atoms with van der Waals surface area (Å²) >= 11 is 1.70. The molecule has 4 nitrogen and oxygen atoms in total. The van der Waals surface area contributed by atoms with Crippen LogP contribution in [0.15, 0.2) is 10.4 Å². The van der Waals surface area contributed by atoms with Crippen LogP contribution in [0.2, 0.25) is 0 Å². The van der Waals surface area contributed by atoms with E-state index in [1.54, 1.807) is 11.3 Å². The standard InChI is InChI=1S/C13H24N4S.HI/c1-9(2)16-12(14)15-7-6-11-17-10(8-18-11)13(3,4)5;/h8-9H,6-7H2,1-5H3,(H3,14,15,16);1H. The molecule has 0 aliphatic rings. The van der Waals surface area contributed by atoms with Crippen molar-refractivity contribution >= 4 is 41.3 Å². The fourth-order valence-corrected chi connectivity index (χ4v) is 2.40. The molecule has 19 heavy (non-hydrogen) atoms. The highest BCUT2D eigenvalue weighted by molar-refractivity contribution is 14.0. The molecule has 0 spiro atoms. The Kier molecular flexibility index (Phi) is 7.88. The Morgan fingerprint density at radius 3 is 2.58 bits per heavy atom. The molecule has 1 rings (SSSR count). The summed E-state index contributed by atoms with van der Waals surface area (Å²) in [4.78, 5) is 8.91. The minimum absolute atomic E-state index is 0. The van der Waals surface area contributed by atoms with E-state index in [1.165, 1.54) is 0 Å². The average molecular weight is 396 g/mol. The number of rotatable bonds is 4. The first-order chi connectivity index (χ1) is 8.29. The zero-order chi connectivity index (χ0) is 13.8. The SMILES string of the molecule is CC(C)NC(N)=NCCc1nc(C(C)(C)C)cs1.I. The minimum Gasteiger partial charge on any atom is -0.370 e. The summed E-state index contributed by atoms with van der Waals surface area (Å²) in [6.45, 7) is 11.3. The van der Waals surface area contributed by atoms with E-state index in [4.69, 9.17) is 5.73 Å². The number of aromatic nitrogens is 1. The number of nitrogens with two attached hydrogens (primary N) is 1. The van der Waals surface area contributed by atoms with Crippen molar-refractivity contribution in [2.24, 2.45) is 10.7 Å². The van der Waals surface area contributed by atoms with Gasteiger partial charge in [-0.2, -0.15) is 0 Å². The number of nitrogens with zero attached hydrogens (tertiary/aromatic N) is 2. The number of hydrogen-bond donors (Lipinski definition) is 2. The quantitative estimate of drug-likeness (QED) is 0.467. The van der Waals surface area contributed by atoms with Crippen LogP contribution in [0.25, 0.3) is 0 Å². The van der Waals surface area contributed by atoms with E-state index in [0.717, 1.165) is 17.1 Å². The summed E-state index contributed by atoms with van der Waals surface area (Å²) in [7, 11) is 0. The normalized spacial score (nSPS) is 12.4. The molecule has 1 heterocycles. The van der Waals surface area contributed by atoms with Crippen molar-refractivity contribution in [3.05, 3.63) is 16.1 Å². The van der Waals surface area contributed by atoms with Crippen LogP contribution in [-0.2, 0) is 11.8 Å². The molecule has 0 fully saturated rings. The lowest BCUT2D eigenvalue weighted by Crippen LogP contribution is -2.36. The first kappa shape index (κ1) is 18.6. The summed E-state index contributed by atoms with van der Waals surface area (Å²) < 4.78 is 0. The van der Waals surface area contributed by atoms with E-state index < -0.39 is 0 Å². The molecule has 0 saturated carbocycles. The molecule has 3 N–H and O–H groups in total. The van der Waals surface area contributed by atoms with Crippen molar-refractivity contribution in [2.45, 2.75) is 52.5 Å². The summed E-state index contributed by atoms with van der Waals surface area (Å²) in [5.74, 6) is 0.512. The van der Waals surface area contributed by atoms with E-state index in [0.29, 0.717) is 18.5 Å². The summed E-state index contributed by atoms with van der Waals surface area (Å²) in [5.41, 5.74) is 7.01. The molecule has 1 aromatic rings. The van der Waals surface area contributed by atoms with Crippen molar-refractivity contribution in [3.63, 3.8) is 0 Å². The monoisotopic (exact) mass is 396 g/mol. The molecule has 0 amide bonds. The Balaban J connectivity index is 0.00000324. The summed E-state index contributed by atoms with van der Waals surface area (Å²) in [6, 6.07) is 0.320. The van der Waals surface area contributed by atoms with Crippen LogP contribution >= 0.6 is 35.3 Å². The summed E-state index contributed by atoms with van der Waals surface area (Å²) in [5, 5.41) is 6.33. The highest BCUT2D eigenvalue weighted by Gasteiger charge is 2.17. The van der Waals surface area contributed by atoms with Crippen molar-refractivity contribution in [1.29, 1.82) is 0 Å². The van der Waals surface area contributed by atoms with Gasteiger partial charge in [-0.25, -0.2) is 4.98 Å². The Bertz CT molecular complexity index is 407. The van der Waals surface area contributed by atoms with Crippen LogP contribution in [0, 0.1) is 0 Å². The third-order valence-corrected chi connectivity index (χ3v) is 3.27. The highest BCUT2D eigenvalue weighted by atomic mass is 127. The first-order valence-electron chi connectivity index (χ1n) is 6.30. The fourth-order valence-electron chi connectivity index (χ4n) is 1.38. The number of hydrogen-bond acceptors (Lipinski definition) is 3. The van der Waals surface area contributed by atoms with Gasteiger partial charge in [0.1, 0.15) is 0 Å². The molecule has 0 saturated heterocycles. The number of thiazole rings is 1. The Labute approximate surface area is 137 Å². The zero-order valence-corrected chi connectivity index (χ0v) is 15.5. The number of guanidine groups is 1. The van der Waals surface area contributed by atoms with E-state index in [2.05, 4.69) is 41.4 Å². The number of halogens is 1. The van der Waals surface area contributed by atoms with Crippen LogP contribution in [0.3, 0.4) is 0 Å². The maximum atomic E-state index is 5.74. The maximum Gasteiger partial charge on any atom is 0.188 e. The Hall–Kier alpha value is -0.370. The maximum absolute atomic E-state index is 5.74. The van der Waals surface area contributed by atoms with Gasteiger partial charge in [0.05, 0.1) is 10.7 Å². The van der Waals surface area contributed by atoms with E-state index in [-0.39, 0.29) is 29.4 Å². The van der Waals surface area contributed by atoms with Crippen molar-refractivity contribution < 1.29 is 0 Å². The molecule has 0 unspecified atom stereocenters. The number of nitrogens with one attached hydrogen (secondary N) is 1. The second-order valence-corrected chi connectivity index (χ2v) is 6.64. The van der Waals surface area contributed by atoms with Crippen molar-refractivity contribution in [1.82, 2.24) is 10.3 Å². The Morgan fingerprint density at radius 1 is 1.47 bits per heavy atom. The van der Waals surface area contributed by atoms with Gasteiger partial charge in [-0.3, -0.25) is 4.99 Å². The van der Waals surface area contributed by atoms with Gasteiger partial charge < -0.3 is 11.1 Å². The van der Waals surface area contributed by atoms with E-state index >= 15 is 0 Å². The molecule has 0 aliphatic heterocycles. The first-order valence-corrected chi connectivity index (χ1v) is 7.18. The van der Waals surface area contributed by atoms with E-state index in [1.807, 2.05) is 13.8 Å². The number of aliphatic imine (C=N–C) groups is 1. The molecule has 0 aliphatic carbocycles. The Morgan fingerprint density at radius 2 is 2.11 bits per heavy atom. The predicted molar refractivity (Wildman–Crippen MR) is 94.7 cm³/mol. The van der Waals surface area contributed by atoms with Gasteiger partial charge in [-0.05, 0) is 13.8 Å². The van der Waals surface area contributed by atoms with Gasteiger partial charge in [0.15, 0.2) is 5.96 Å². The van der Waals surface area contributed by atoms with Crippen molar-refractivity contribution in [2.75, 3.05) is 6.54 Å². The van der Waals surface area contributed by atoms with Crippen LogP contribution in [0.1, 0.15) is 45.3 Å². The van der Waals surface area contributed by atoms with E-state index in [9.17, 15) is 0 Å². The minimum atomic E-state index is 0. The van der Waals surface area contributed by atoms with Gasteiger partial charge in [0.2, 0.25) is 0 Å². The van der Waals surface area contributed by atoms with Gasteiger partial charge in [0, 0.05) is 29.8 Å². The van der Waals surface area contributed by atoms with Gasteiger partial charge in [-0.1, -0.05) is 20.8 Å². The lowest BCUT2D eigenvalue weighted by Gasteiger charge is -2.14. The van der Waals surface area contributed by atoms with Gasteiger partial charge in [-0.15, -0.1) is 35.3 Å². The molecule has 6 heteroatoms. The lowest BCUT2D eigenvalue weighted by molar-refractivity contribution is 0.571. The topological polar surface area (TPSA) is 63.3 Å². The second kappa shape index (κ2) is 8.04. The predicted octanol–water partition coefficient (Wildman–Crippen LogP) is 2.91. The molecule has 1 aromatic heterocycles. The molecule has 0 radical (unpaired) electrons. The second-order valence-electron chi connectivity index (χ2n) is 5.69. The molecule has 0 aromatic carbocycles. The average Bonchev–Trinajstić information content (AvgIpc) is 2.64. The van der Waals surface area contributed by atoms with Crippen LogP contribution < -0.4 is 11.1 Å². The fraction of sp³-hybridized carbons (Fsp3) is 0.692. The van der Waals surface area contributed by atoms with Gasteiger partial charge in [0.25, 0.3) is 0 Å².